The molecule has 0 radical (unpaired) electrons. The highest BCUT2D eigenvalue weighted by molar-refractivity contribution is 5.73. The number of carbonyl (C=O) groups excluding carboxylic acids is 4. The zero-order valence-corrected chi connectivity index (χ0v) is 15.6. The number of aliphatic hydroxyl groups is 1. The van der Waals surface area contributed by atoms with E-state index in [1.807, 2.05) is 0 Å². The van der Waals surface area contributed by atoms with Gasteiger partial charge in [-0.15, -0.1) is 0 Å². The predicted octanol–water partition coefficient (Wildman–Crippen LogP) is -1.35. The van der Waals surface area contributed by atoms with E-state index in [0.29, 0.717) is 0 Å². The molecule has 2 unspecified atom stereocenters. The number of hydrogen-bond acceptors (Lipinski definition) is 10. The highest BCUT2D eigenvalue weighted by atomic mass is 16.7. The summed E-state index contributed by atoms with van der Waals surface area (Å²) in [6.45, 7) is 3.95. The number of ether oxygens (including phenoxy) is 5. The molecule has 1 saturated heterocycles. The number of aliphatic hydroxyl groups excluding tert-OH is 1. The van der Waals surface area contributed by atoms with Crippen LogP contribution in [0.4, 0.5) is 0 Å². The first kappa shape index (κ1) is 22.8. The van der Waals surface area contributed by atoms with Crippen LogP contribution in [0.2, 0.25) is 0 Å². The molecule has 154 valence electrons. The fourth-order valence-corrected chi connectivity index (χ4v) is 2.60. The lowest BCUT2D eigenvalue weighted by Gasteiger charge is -2.44. The van der Waals surface area contributed by atoms with E-state index in [1.165, 1.54) is 13.8 Å². The topological polar surface area (TPSA) is 147 Å². The van der Waals surface area contributed by atoms with Crippen LogP contribution in [-0.2, 0) is 42.9 Å². The van der Waals surface area contributed by atoms with Crippen molar-refractivity contribution >= 4 is 23.8 Å². The van der Waals surface area contributed by atoms with E-state index in [0.717, 1.165) is 13.8 Å². The lowest BCUT2D eigenvalue weighted by Crippen LogP contribution is -2.66. The maximum atomic E-state index is 11.6. The van der Waals surface area contributed by atoms with Crippen molar-refractivity contribution in [2.75, 3.05) is 19.8 Å². The summed E-state index contributed by atoms with van der Waals surface area (Å²) in [6.07, 6.45) is -4.53. The Balaban J connectivity index is 3.22. The normalized spacial score (nSPS) is 27.4. The number of rotatable bonds is 8. The summed E-state index contributed by atoms with van der Waals surface area (Å²) in [4.78, 5) is 45.9. The molecule has 1 rings (SSSR count). The predicted molar refractivity (Wildman–Crippen MR) is 87.0 cm³/mol. The first-order chi connectivity index (χ1) is 12.6. The minimum absolute atomic E-state index is 0.133. The average molecular weight is 391 g/mol. The summed E-state index contributed by atoms with van der Waals surface area (Å²) in [7, 11) is 0. The molecule has 1 fully saturated rings. The Labute approximate surface area is 156 Å². The van der Waals surface area contributed by atoms with Gasteiger partial charge in [0.15, 0.2) is 18.5 Å². The standard InChI is InChI=1S/C16H25NO10/c1-8(19)17-13-15(26-11(4)22)14(25-10(3)21)12(7-24-9(2)20)27-16(13)23-6-5-18/h12-16,18H,5-7H2,1-4H3,(H,17,19)/t12?,13?,14-,15-,16+/m0/s1. The molecule has 11 heteroatoms. The lowest BCUT2D eigenvalue weighted by molar-refractivity contribution is -0.278. The van der Waals surface area contributed by atoms with Crippen molar-refractivity contribution in [3.63, 3.8) is 0 Å². The van der Waals surface area contributed by atoms with Crippen LogP contribution in [0.15, 0.2) is 0 Å². The largest absolute Gasteiger partial charge is 0.463 e. The summed E-state index contributed by atoms with van der Waals surface area (Å²) >= 11 is 0. The third-order valence-electron chi connectivity index (χ3n) is 3.44. The monoisotopic (exact) mass is 391 g/mol. The maximum Gasteiger partial charge on any atom is 0.303 e. The third-order valence-corrected chi connectivity index (χ3v) is 3.44. The molecule has 0 aliphatic carbocycles. The van der Waals surface area contributed by atoms with Crippen molar-refractivity contribution in [3.8, 4) is 0 Å². The summed E-state index contributed by atoms with van der Waals surface area (Å²) in [5.41, 5.74) is 0. The van der Waals surface area contributed by atoms with Crippen molar-refractivity contribution in [1.29, 1.82) is 0 Å². The highest BCUT2D eigenvalue weighted by Crippen LogP contribution is 2.27. The number of carbonyl (C=O) groups is 4. The number of esters is 3. The van der Waals surface area contributed by atoms with Gasteiger partial charge in [0.25, 0.3) is 0 Å². The van der Waals surface area contributed by atoms with E-state index in [9.17, 15) is 19.2 Å². The third kappa shape index (κ3) is 7.49. The Morgan fingerprint density at radius 2 is 1.56 bits per heavy atom. The van der Waals surface area contributed by atoms with Gasteiger partial charge < -0.3 is 34.1 Å². The second-order valence-electron chi connectivity index (χ2n) is 5.81. The number of amides is 1. The van der Waals surface area contributed by atoms with Crippen molar-refractivity contribution in [2.45, 2.75) is 58.3 Å². The van der Waals surface area contributed by atoms with E-state index in [2.05, 4.69) is 5.32 Å². The molecule has 11 nitrogen and oxygen atoms in total. The molecule has 27 heavy (non-hydrogen) atoms. The second-order valence-corrected chi connectivity index (χ2v) is 5.81. The Morgan fingerprint density at radius 1 is 0.963 bits per heavy atom. The fourth-order valence-electron chi connectivity index (χ4n) is 2.60. The molecule has 1 amide bonds. The summed E-state index contributed by atoms with van der Waals surface area (Å²) in [6, 6.07) is -1.03. The van der Waals surface area contributed by atoms with Gasteiger partial charge in [0, 0.05) is 27.7 Å². The van der Waals surface area contributed by atoms with Gasteiger partial charge in [-0.2, -0.15) is 0 Å². The zero-order valence-electron chi connectivity index (χ0n) is 15.6. The van der Waals surface area contributed by atoms with Crippen molar-refractivity contribution in [1.82, 2.24) is 5.32 Å². The van der Waals surface area contributed by atoms with Crippen molar-refractivity contribution in [3.05, 3.63) is 0 Å². The van der Waals surface area contributed by atoms with Gasteiger partial charge in [0.1, 0.15) is 18.8 Å². The molecule has 0 bridgehead atoms. The zero-order chi connectivity index (χ0) is 20.6. The summed E-state index contributed by atoms with van der Waals surface area (Å²) in [5, 5.41) is 11.5. The van der Waals surface area contributed by atoms with Crippen LogP contribution in [0.25, 0.3) is 0 Å². The van der Waals surface area contributed by atoms with Gasteiger partial charge in [0.05, 0.1) is 13.2 Å². The molecule has 0 saturated carbocycles. The molecule has 1 heterocycles. The van der Waals surface area contributed by atoms with Gasteiger partial charge in [-0.05, 0) is 0 Å². The van der Waals surface area contributed by atoms with E-state index < -0.39 is 54.5 Å². The van der Waals surface area contributed by atoms with Gasteiger partial charge >= 0.3 is 17.9 Å². The molecular weight excluding hydrogens is 366 g/mol. The van der Waals surface area contributed by atoms with Crippen LogP contribution < -0.4 is 5.32 Å². The smallest absolute Gasteiger partial charge is 0.303 e. The highest BCUT2D eigenvalue weighted by Gasteiger charge is 2.51. The SMILES string of the molecule is CC(=O)NC1[C@H](OCCO)OC(COC(C)=O)[C@H](OC(C)=O)[C@H]1OC(C)=O. The molecule has 0 aromatic carbocycles. The second kappa shape index (κ2) is 10.8. The number of hydrogen-bond donors (Lipinski definition) is 2. The molecule has 0 spiro atoms. The van der Waals surface area contributed by atoms with E-state index in [1.54, 1.807) is 0 Å². The molecule has 1 aliphatic heterocycles. The van der Waals surface area contributed by atoms with Crippen LogP contribution in [0.1, 0.15) is 27.7 Å². The Bertz CT molecular complexity index is 551. The van der Waals surface area contributed by atoms with E-state index in [4.69, 9.17) is 28.8 Å². The number of nitrogens with one attached hydrogen (secondary N) is 1. The molecular formula is C16H25NO10. The maximum absolute atomic E-state index is 11.6. The average Bonchev–Trinajstić information content (AvgIpc) is 2.54. The summed E-state index contributed by atoms with van der Waals surface area (Å²) < 4.78 is 26.5. The van der Waals surface area contributed by atoms with Crippen LogP contribution in [0.5, 0.6) is 0 Å². The molecule has 0 aromatic rings. The van der Waals surface area contributed by atoms with Gasteiger partial charge in [-0.3, -0.25) is 19.2 Å². The van der Waals surface area contributed by atoms with Gasteiger partial charge in [-0.1, -0.05) is 0 Å². The van der Waals surface area contributed by atoms with Crippen LogP contribution in [0, 0.1) is 0 Å². The van der Waals surface area contributed by atoms with Gasteiger partial charge in [0.2, 0.25) is 5.91 Å². The van der Waals surface area contributed by atoms with Crippen molar-refractivity contribution in [2.24, 2.45) is 0 Å². The minimum Gasteiger partial charge on any atom is -0.463 e. The van der Waals surface area contributed by atoms with Crippen LogP contribution in [-0.4, -0.2) is 79.4 Å². The lowest BCUT2D eigenvalue weighted by atomic mass is 9.96. The Morgan fingerprint density at radius 3 is 2.04 bits per heavy atom. The molecule has 0 aromatic heterocycles. The first-order valence-corrected chi connectivity index (χ1v) is 8.28. The van der Waals surface area contributed by atoms with Gasteiger partial charge in [-0.25, -0.2) is 0 Å². The minimum atomic E-state index is -1.17. The van der Waals surface area contributed by atoms with E-state index in [-0.39, 0.29) is 19.8 Å². The molecule has 1 aliphatic rings. The Kier molecular flexibility index (Phi) is 9.12. The van der Waals surface area contributed by atoms with E-state index >= 15 is 0 Å². The van der Waals surface area contributed by atoms with Crippen LogP contribution in [0.3, 0.4) is 0 Å². The first-order valence-electron chi connectivity index (χ1n) is 8.28. The Hall–Kier alpha value is -2.24. The molecule has 2 N–H and O–H groups in total. The molecule has 5 atom stereocenters. The quantitative estimate of drug-likeness (QED) is 0.376. The van der Waals surface area contributed by atoms with Crippen LogP contribution >= 0.6 is 0 Å². The fraction of sp³-hybridized carbons (Fsp3) is 0.750. The summed E-state index contributed by atoms with van der Waals surface area (Å²) in [5.74, 6) is -2.45. The van der Waals surface area contributed by atoms with Crippen molar-refractivity contribution < 1.29 is 48.0 Å².